The van der Waals surface area contributed by atoms with Crippen LogP contribution in [0.3, 0.4) is 0 Å². The lowest BCUT2D eigenvalue weighted by molar-refractivity contribution is -0.140. The molecule has 0 saturated carbocycles. The van der Waals surface area contributed by atoms with Crippen LogP contribution in [0, 0.1) is 0 Å². The highest BCUT2D eigenvalue weighted by Crippen LogP contribution is 2.05. The second-order valence-corrected chi connectivity index (χ2v) is 27.5. The van der Waals surface area contributed by atoms with E-state index in [0.29, 0.717) is 374 Å². The largest absolute Gasteiger partial charge is 0.460 e. The fraction of sp³-hybridized carbons (Fsp3) is 0.828. The second-order valence-electron chi connectivity index (χ2n) is 27.5. The Morgan fingerprint density at radius 1 is 0.182 bits per heavy atom. The van der Waals surface area contributed by atoms with Gasteiger partial charge in [0.2, 0.25) is 0 Å². The van der Waals surface area contributed by atoms with E-state index in [-0.39, 0.29) is 98.9 Å². The molecule has 0 aliphatic heterocycles. The van der Waals surface area contributed by atoms with Gasteiger partial charge in [-0.25, -0.2) is 56.9 Å². The second kappa shape index (κ2) is 99.8. The Hall–Kier alpha value is -7.11. The van der Waals surface area contributed by atoms with E-state index in [9.17, 15) is 43.2 Å². The zero-order chi connectivity index (χ0) is 95.3. The van der Waals surface area contributed by atoms with E-state index in [2.05, 4.69) is 35.7 Å². The summed E-state index contributed by atoms with van der Waals surface area (Å²) in [4.78, 5) is 112. The minimum Gasteiger partial charge on any atom is -0.460 e. The van der Waals surface area contributed by atoms with E-state index in [4.69, 9.17) is 142 Å². The number of aromatic nitrogens is 3. The fourth-order valence-corrected chi connectivity index (χ4v) is 10.5. The van der Waals surface area contributed by atoms with Crippen molar-refractivity contribution in [3.05, 3.63) is 69.4 Å². The molecule has 1 rings (SSSR count). The van der Waals surface area contributed by atoms with Crippen molar-refractivity contribution in [2.45, 2.75) is 96.7 Å². The number of hydrogen-bond donors (Lipinski definition) is 3. The van der Waals surface area contributed by atoms with Gasteiger partial charge in [-0.3, -0.25) is 0 Å². The van der Waals surface area contributed by atoms with Gasteiger partial charge in [0.05, 0.1) is 317 Å². The quantitative estimate of drug-likeness (QED) is 0.0365. The maximum absolute atomic E-state index is 13.9. The summed E-state index contributed by atoms with van der Waals surface area (Å²) in [6, 6.07) is 0. The van der Waals surface area contributed by atoms with Gasteiger partial charge in [-0.2, -0.15) is 0 Å². The molecule has 0 atom stereocenters. The average Bonchev–Trinajstić information content (AvgIpc) is 0.785. The number of alkyl carbamates (subject to hydrolysis) is 3. The van der Waals surface area contributed by atoms with E-state index in [1.807, 2.05) is 0 Å². The predicted octanol–water partition coefficient (Wildman–Crippen LogP) is 2.62. The average molecular weight is 1910 g/mol. The summed E-state index contributed by atoms with van der Waals surface area (Å²) in [5.41, 5.74) is -2.05. The van der Waals surface area contributed by atoms with Crippen LogP contribution in [-0.4, -0.2) is 426 Å². The van der Waals surface area contributed by atoms with Gasteiger partial charge < -0.3 is 158 Å². The molecule has 0 unspecified atom stereocenters. The summed E-state index contributed by atoms with van der Waals surface area (Å²) < 4.78 is 165. The van der Waals surface area contributed by atoms with Crippen molar-refractivity contribution >= 4 is 36.2 Å². The van der Waals surface area contributed by atoms with E-state index >= 15 is 0 Å². The van der Waals surface area contributed by atoms with Crippen LogP contribution in [0.1, 0.15) is 77.0 Å². The molecule has 0 fully saturated rings. The number of unbranched alkanes of at least 4 members (excludes halogenated alkanes) is 9. The summed E-state index contributed by atoms with van der Waals surface area (Å²) in [6.07, 6.45) is 8.72. The molecule has 45 heteroatoms. The molecule has 0 radical (unpaired) electrons. The van der Waals surface area contributed by atoms with Gasteiger partial charge in [0.1, 0.15) is 39.6 Å². The van der Waals surface area contributed by atoms with Crippen LogP contribution in [0.4, 0.5) is 14.4 Å². The smallest absolute Gasteiger partial charge is 0.407 e. The summed E-state index contributed by atoms with van der Waals surface area (Å²) in [5, 5.41) is 8.17. The summed E-state index contributed by atoms with van der Waals surface area (Å²) in [6.45, 7) is 30.0. The fourth-order valence-electron chi connectivity index (χ4n) is 10.5. The van der Waals surface area contributed by atoms with Gasteiger partial charge >= 0.3 is 53.3 Å². The Morgan fingerprint density at radius 2 is 0.303 bits per heavy atom. The number of rotatable bonds is 105. The minimum atomic E-state index is -0.682. The van der Waals surface area contributed by atoms with E-state index in [1.165, 1.54) is 0 Å². The topological polar surface area (TPSA) is 481 Å². The first kappa shape index (κ1) is 123. The Morgan fingerprint density at radius 3 is 0.439 bits per heavy atom. The van der Waals surface area contributed by atoms with Crippen LogP contribution in [0.25, 0.3) is 0 Å². The van der Waals surface area contributed by atoms with Gasteiger partial charge in [-0.05, 0) is 38.5 Å². The molecule has 132 heavy (non-hydrogen) atoms. The zero-order valence-electron chi connectivity index (χ0n) is 78.0. The van der Waals surface area contributed by atoms with Gasteiger partial charge in [-0.1, -0.05) is 58.3 Å². The molecular formula is C87H156N6O39. The van der Waals surface area contributed by atoms with Gasteiger partial charge in [0.15, 0.2) is 0 Å². The number of amides is 3. The number of esters is 3. The van der Waals surface area contributed by atoms with Crippen LogP contribution < -0.4 is 33.0 Å². The molecule has 0 aromatic carbocycles. The summed E-state index contributed by atoms with van der Waals surface area (Å²) in [7, 11) is 0. The highest BCUT2D eigenvalue weighted by molar-refractivity contribution is 5.81. The van der Waals surface area contributed by atoms with Crippen molar-refractivity contribution in [2.24, 2.45) is 0 Å². The lowest BCUT2D eigenvalue weighted by atomic mass is 10.2. The molecule has 3 amide bonds. The number of ether oxygens (including phenoxy) is 30. The van der Waals surface area contributed by atoms with Crippen molar-refractivity contribution in [3.63, 3.8) is 0 Å². The molecule has 1 aromatic heterocycles. The lowest BCUT2D eigenvalue weighted by Crippen LogP contribution is -2.54. The lowest BCUT2D eigenvalue weighted by Gasteiger charge is -2.14. The van der Waals surface area contributed by atoms with Crippen LogP contribution in [0.5, 0.6) is 0 Å². The number of carbonyl (C=O) groups is 6. The van der Waals surface area contributed by atoms with E-state index in [1.54, 1.807) is 0 Å². The van der Waals surface area contributed by atoms with Crippen molar-refractivity contribution in [1.82, 2.24) is 29.7 Å². The third-order valence-electron chi connectivity index (χ3n) is 17.2. The van der Waals surface area contributed by atoms with Crippen molar-refractivity contribution in [3.8, 4) is 0 Å². The molecular weight excluding hydrogens is 1750 g/mol. The summed E-state index contributed by atoms with van der Waals surface area (Å²) >= 11 is 0. The minimum absolute atomic E-state index is 0.0484. The number of carbonyl (C=O) groups excluding carboxylic acids is 6. The molecule has 0 bridgehead atoms. The molecule has 0 saturated heterocycles. The van der Waals surface area contributed by atoms with Crippen molar-refractivity contribution in [2.75, 3.05) is 376 Å². The van der Waals surface area contributed by atoms with Crippen LogP contribution >= 0.6 is 0 Å². The monoisotopic (exact) mass is 1910 g/mol. The predicted molar refractivity (Wildman–Crippen MR) is 476 cm³/mol. The maximum Gasteiger partial charge on any atom is 0.407 e. The maximum atomic E-state index is 13.9. The molecule has 0 aliphatic rings. The normalized spacial score (nSPS) is 11.3. The number of nitrogens with one attached hydrogen (secondary N) is 3. The summed E-state index contributed by atoms with van der Waals surface area (Å²) in [5.74, 6) is -1.46. The first-order valence-corrected chi connectivity index (χ1v) is 45.8. The number of hydrogen-bond acceptors (Lipinski definition) is 39. The Balaban J connectivity index is 2.34. The molecule has 768 valence electrons. The molecule has 0 spiro atoms. The third-order valence-corrected chi connectivity index (χ3v) is 17.2. The van der Waals surface area contributed by atoms with Crippen LogP contribution in [0.15, 0.2) is 52.3 Å². The molecule has 0 aliphatic carbocycles. The zero-order valence-corrected chi connectivity index (χ0v) is 78.0. The molecule has 3 N–H and O–H groups in total. The first-order chi connectivity index (χ1) is 64.9. The Kier molecular flexibility index (Phi) is 93.0. The number of nitrogens with zero attached hydrogens (tertiary/aromatic N) is 3. The standard InChI is InChI=1S/C87H156N6O39/c1-4-79(94)127-73-67-121-61-55-115-49-43-109-37-31-103-25-28-106-34-40-112-46-52-118-58-64-124-70-76-130-82(97)88-19-13-7-10-16-22-91-85(100)92(23-17-11-8-14-20-89-83(98)131-77-71-125-65-59-119-53-47-113-41-35-107-29-26-104-32-38-110-44-50-116-56-62-122-68-74-128-80(95)5-2)87(102)93(86(91)101)24-18-12-9-15-21-90-84(99)132-78-72-126-66-60-120-54-48-114-42-36-108-30-27-105-33-39-111-45-51-117-57-63-123-69-75-129-81(96)6-3/h4-6H,1-3,7-78H2,(H,88,97)(H,89,98)(H,90,99). The van der Waals surface area contributed by atoms with Gasteiger partial charge in [0, 0.05) is 57.5 Å². The van der Waals surface area contributed by atoms with Crippen LogP contribution in [0.2, 0.25) is 0 Å². The highest BCUT2D eigenvalue weighted by Gasteiger charge is 2.17. The van der Waals surface area contributed by atoms with E-state index in [0.717, 1.165) is 31.9 Å². The molecule has 1 heterocycles. The van der Waals surface area contributed by atoms with Crippen molar-refractivity contribution < 1.29 is 171 Å². The highest BCUT2D eigenvalue weighted by atomic mass is 16.6. The SMILES string of the molecule is C=CC(=O)OCCOCCOCCOCCOCCOCCOCCOCCOCCOC(=O)NCCCCCCn1c(=O)n(CCCCCCNC(=O)OCCOCCOCCOCCOCCOCCOCCOCCOCCOC(=O)C=C)c(=O)n(CCCCCCNC(=O)OCCOCCOCCOCCOCCOCCOCCOCCOCCOC(=O)C=C)c1=O. The van der Waals surface area contributed by atoms with E-state index < -0.39 is 53.3 Å². The van der Waals surface area contributed by atoms with Crippen molar-refractivity contribution in [1.29, 1.82) is 0 Å². The Labute approximate surface area is 776 Å². The van der Waals surface area contributed by atoms with Gasteiger partial charge in [-0.15, -0.1) is 0 Å². The first-order valence-electron chi connectivity index (χ1n) is 45.8. The Bertz CT molecular complexity index is 2710. The van der Waals surface area contributed by atoms with Crippen LogP contribution in [-0.2, 0) is 176 Å². The molecule has 45 nitrogen and oxygen atoms in total. The third kappa shape index (κ3) is 85.8. The van der Waals surface area contributed by atoms with Gasteiger partial charge in [0.25, 0.3) is 0 Å². The molecule has 1 aromatic rings.